The highest BCUT2D eigenvalue weighted by molar-refractivity contribution is 5.95. The number of carbonyl (C=O) groups is 4. The summed E-state index contributed by atoms with van der Waals surface area (Å²) in [5.74, 6) is -3.19. The fourth-order valence-electron chi connectivity index (χ4n) is 4.30. The highest BCUT2D eigenvalue weighted by Crippen LogP contribution is 2.19. The normalized spacial score (nSPS) is 15.0. The van der Waals surface area contributed by atoms with Crippen molar-refractivity contribution in [2.24, 2.45) is 11.7 Å². The van der Waals surface area contributed by atoms with Gasteiger partial charge in [-0.15, -0.1) is 0 Å². The van der Waals surface area contributed by atoms with Crippen LogP contribution in [0.3, 0.4) is 0 Å². The third-order valence-electron chi connectivity index (χ3n) is 6.84. The molecule has 0 aliphatic rings. The highest BCUT2D eigenvalue weighted by atomic mass is 16.4. The predicted molar refractivity (Wildman–Crippen MR) is 149 cm³/mol. The van der Waals surface area contributed by atoms with Crippen LogP contribution in [0.1, 0.15) is 38.3 Å². The standard InChI is InChI=1S/C29H37N5O5/c1-4-17(2)25(29(38)39)34-28(37)23(14-19-10-6-5-7-11-19)33-27(36)24(32-26(35)18(3)30)15-20-16-31-22-13-9-8-12-21(20)22/h5-13,16-18,23-25,31H,4,14-15,30H2,1-3H3,(H,32,35)(H,33,36)(H,34,37)(H,38,39). The molecule has 0 fully saturated rings. The van der Waals surface area contributed by atoms with Gasteiger partial charge in [-0.1, -0.05) is 68.8 Å². The number of nitrogens with one attached hydrogen (secondary N) is 4. The van der Waals surface area contributed by atoms with Crippen LogP contribution in [-0.2, 0) is 32.0 Å². The molecular weight excluding hydrogens is 498 g/mol. The van der Waals surface area contributed by atoms with Crippen LogP contribution in [0.15, 0.2) is 60.8 Å². The van der Waals surface area contributed by atoms with Crippen molar-refractivity contribution in [1.82, 2.24) is 20.9 Å². The maximum Gasteiger partial charge on any atom is 0.326 e. The fourth-order valence-corrected chi connectivity index (χ4v) is 4.30. The lowest BCUT2D eigenvalue weighted by Gasteiger charge is -2.26. The second-order valence-corrected chi connectivity index (χ2v) is 9.87. The van der Waals surface area contributed by atoms with E-state index in [4.69, 9.17) is 5.73 Å². The Morgan fingerprint density at radius 1 is 0.846 bits per heavy atom. The van der Waals surface area contributed by atoms with E-state index in [-0.39, 0.29) is 18.8 Å². The van der Waals surface area contributed by atoms with Gasteiger partial charge in [-0.25, -0.2) is 4.79 Å². The number of carbonyl (C=O) groups excluding carboxylic acids is 3. The number of nitrogens with two attached hydrogens (primary N) is 1. The number of aromatic amines is 1. The number of amides is 3. The van der Waals surface area contributed by atoms with E-state index in [9.17, 15) is 24.3 Å². The zero-order valence-corrected chi connectivity index (χ0v) is 22.4. The number of H-pyrrole nitrogens is 1. The van der Waals surface area contributed by atoms with Crippen molar-refractivity contribution < 1.29 is 24.3 Å². The molecule has 0 spiro atoms. The van der Waals surface area contributed by atoms with Crippen molar-refractivity contribution in [3.05, 3.63) is 71.9 Å². The van der Waals surface area contributed by atoms with Gasteiger partial charge in [0.2, 0.25) is 17.7 Å². The van der Waals surface area contributed by atoms with E-state index in [1.807, 2.05) is 61.5 Å². The van der Waals surface area contributed by atoms with Gasteiger partial charge in [0.25, 0.3) is 0 Å². The van der Waals surface area contributed by atoms with Gasteiger partial charge in [0.1, 0.15) is 18.1 Å². The van der Waals surface area contributed by atoms with E-state index < -0.39 is 47.9 Å². The summed E-state index contributed by atoms with van der Waals surface area (Å²) in [5.41, 5.74) is 8.23. The van der Waals surface area contributed by atoms with E-state index >= 15 is 0 Å². The molecule has 2 aromatic carbocycles. The van der Waals surface area contributed by atoms with Crippen molar-refractivity contribution in [2.45, 2.75) is 64.2 Å². The summed E-state index contributed by atoms with van der Waals surface area (Å²) < 4.78 is 0. The molecule has 0 radical (unpaired) electrons. The summed E-state index contributed by atoms with van der Waals surface area (Å²) in [6, 6.07) is 12.6. The van der Waals surface area contributed by atoms with Crippen molar-refractivity contribution in [3.63, 3.8) is 0 Å². The van der Waals surface area contributed by atoms with Gasteiger partial charge < -0.3 is 31.8 Å². The van der Waals surface area contributed by atoms with Gasteiger partial charge >= 0.3 is 5.97 Å². The second kappa shape index (κ2) is 13.6. The summed E-state index contributed by atoms with van der Waals surface area (Å²) in [6.45, 7) is 5.10. The van der Waals surface area contributed by atoms with Crippen LogP contribution in [0, 0.1) is 5.92 Å². The van der Waals surface area contributed by atoms with Crippen LogP contribution in [-0.4, -0.2) is 57.9 Å². The van der Waals surface area contributed by atoms with E-state index in [1.165, 1.54) is 6.92 Å². The number of aliphatic carboxylic acids is 1. The van der Waals surface area contributed by atoms with E-state index in [2.05, 4.69) is 20.9 Å². The number of fused-ring (bicyclic) bond motifs is 1. The van der Waals surface area contributed by atoms with Crippen LogP contribution in [0.4, 0.5) is 0 Å². The number of hydrogen-bond acceptors (Lipinski definition) is 5. The number of aromatic nitrogens is 1. The third-order valence-corrected chi connectivity index (χ3v) is 6.84. The fraction of sp³-hybridized carbons (Fsp3) is 0.379. The maximum absolute atomic E-state index is 13.6. The molecule has 0 saturated heterocycles. The molecule has 0 saturated carbocycles. The lowest BCUT2D eigenvalue weighted by molar-refractivity contribution is -0.143. The molecule has 10 heteroatoms. The van der Waals surface area contributed by atoms with Crippen molar-refractivity contribution in [3.8, 4) is 0 Å². The van der Waals surface area contributed by atoms with Crippen molar-refractivity contribution in [1.29, 1.82) is 0 Å². The number of hydrogen-bond donors (Lipinski definition) is 6. The van der Waals surface area contributed by atoms with E-state index in [1.54, 1.807) is 13.1 Å². The van der Waals surface area contributed by atoms with Crippen LogP contribution < -0.4 is 21.7 Å². The first-order valence-electron chi connectivity index (χ1n) is 13.1. The van der Waals surface area contributed by atoms with E-state index in [0.29, 0.717) is 6.42 Å². The number of rotatable bonds is 13. The number of carboxylic acid groups (broad SMARTS) is 1. The third kappa shape index (κ3) is 7.90. The molecule has 7 N–H and O–H groups in total. The van der Waals surface area contributed by atoms with Gasteiger partial charge in [-0.05, 0) is 30.0 Å². The molecule has 5 atom stereocenters. The van der Waals surface area contributed by atoms with Crippen LogP contribution >= 0.6 is 0 Å². The SMILES string of the molecule is CCC(C)C(NC(=O)C(Cc1ccccc1)NC(=O)C(Cc1c[nH]c2ccccc12)NC(=O)C(C)N)C(=O)O. The number of para-hydroxylation sites is 1. The first-order chi connectivity index (χ1) is 18.6. The lowest BCUT2D eigenvalue weighted by atomic mass is 9.97. The molecule has 39 heavy (non-hydrogen) atoms. The maximum atomic E-state index is 13.6. The lowest BCUT2D eigenvalue weighted by Crippen LogP contribution is -2.58. The molecule has 3 rings (SSSR count). The Balaban J connectivity index is 1.88. The number of carboxylic acids is 1. The summed E-state index contributed by atoms with van der Waals surface area (Å²) in [7, 11) is 0. The molecule has 3 aromatic rings. The molecule has 1 heterocycles. The van der Waals surface area contributed by atoms with Crippen LogP contribution in [0.5, 0.6) is 0 Å². The first kappa shape index (κ1) is 29.4. The Kier molecular flexibility index (Phi) is 10.2. The Bertz CT molecular complexity index is 1290. The minimum Gasteiger partial charge on any atom is -0.480 e. The summed E-state index contributed by atoms with van der Waals surface area (Å²) in [6.07, 6.45) is 2.61. The molecule has 1 aromatic heterocycles. The Morgan fingerprint density at radius 2 is 1.44 bits per heavy atom. The molecule has 5 unspecified atom stereocenters. The molecule has 0 bridgehead atoms. The Hall–Kier alpha value is -4.18. The number of benzene rings is 2. The summed E-state index contributed by atoms with van der Waals surface area (Å²) >= 11 is 0. The zero-order valence-electron chi connectivity index (χ0n) is 22.4. The van der Waals surface area contributed by atoms with Crippen molar-refractivity contribution >= 4 is 34.6 Å². The largest absolute Gasteiger partial charge is 0.480 e. The Labute approximate surface area is 227 Å². The molecule has 0 aliphatic carbocycles. The average Bonchev–Trinajstić information content (AvgIpc) is 3.33. The summed E-state index contributed by atoms with van der Waals surface area (Å²) in [5, 5.41) is 18.6. The first-order valence-corrected chi connectivity index (χ1v) is 13.1. The highest BCUT2D eigenvalue weighted by Gasteiger charge is 2.32. The van der Waals surface area contributed by atoms with Crippen molar-refractivity contribution in [2.75, 3.05) is 0 Å². The van der Waals surface area contributed by atoms with Crippen LogP contribution in [0.25, 0.3) is 10.9 Å². The molecule has 208 valence electrons. The zero-order chi connectivity index (χ0) is 28.5. The van der Waals surface area contributed by atoms with E-state index in [0.717, 1.165) is 22.0 Å². The molecule has 3 amide bonds. The average molecular weight is 536 g/mol. The van der Waals surface area contributed by atoms with Gasteiger partial charge in [0.15, 0.2) is 0 Å². The van der Waals surface area contributed by atoms with Gasteiger partial charge in [-0.2, -0.15) is 0 Å². The minimum atomic E-state index is -1.15. The smallest absolute Gasteiger partial charge is 0.326 e. The van der Waals surface area contributed by atoms with Gasteiger partial charge in [0, 0.05) is 29.9 Å². The molecule has 0 aliphatic heterocycles. The van der Waals surface area contributed by atoms with Gasteiger partial charge in [-0.3, -0.25) is 14.4 Å². The quantitative estimate of drug-likeness (QED) is 0.195. The minimum absolute atomic E-state index is 0.131. The predicted octanol–water partition coefficient (Wildman–Crippen LogP) is 1.89. The molecule has 10 nitrogen and oxygen atoms in total. The molecular formula is C29H37N5O5. The summed E-state index contributed by atoms with van der Waals surface area (Å²) in [4.78, 5) is 54.5. The van der Waals surface area contributed by atoms with Crippen LogP contribution in [0.2, 0.25) is 0 Å². The monoisotopic (exact) mass is 535 g/mol. The topological polar surface area (TPSA) is 166 Å². The Morgan fingerprint density at radius 3 is 2.08 bits per heavy atom. The second-order valence-electron chi connectivity index (χ2n) is 9.87. The van der Waals surface area contributed by atoms with Gasteiger partial charge in [0.05, 0.1) is 6.04 Å².